The summed E-state index contributed by atoms with van der Waals surface area (Å²) >= 11 is 10.8. The largest absolute Gasteiger partial charge is 0.389 e. The third-order valence-corrected chi connectivity index (χ3v) is 2.12. The zero-order chi connectivity index (χ0) is 10.7. The van der Waals surface area contributed by atoms with Gasteiger partial charge >= 0.3 is 0 Å². The average Bonchev–Trinajstić information content (AvgIpc) is 2.01. The second kappa shape index (κ2) is 4.59. The SMILES string of the molecule is CN(C)Nc1ccc(C(N)=S)c(Cl)c1. The van der Waals surface area contributed by atoms with Gasteiger partial charge in [-0.1, -0.05) is 23.8 Å². The number of hydrogen-bond acceptors (Lipinski definition) is 3. The van der Waals surface area contributed by atoms with Crippen LogP contribution in [0.25, 0.3) is 0 Å². The van der Waals surface area contributed by atoms with Crippen LogP contribution in [-0.2, 0) is 0 Å². The van der Waals surface area contributed by atoms with Crippen molar-refractivity contribution >= 4 is 34.5 Å². The van der Waals surface area contributed by atoms with Crippen molar-refractivity contribution in [2.45, 2.75) is 0 Å². The van der Waals surface area contributed by atoms with Crippen LogP contribution in [0.5, 0.6) is 0 Å². The first-order valence-electron chi connectivity index (χ1n) is 4.04. The van der Waals surface area contributed by atoms with Crippen LogP contribution in [0.15, 0.2) is 18.2 Å². The standard InChI is InChI=1S/C9H12ClN3S/c1-13(2)12-6-3-4-7(9(11)14)8(10)5-6/h3-5,12H,1-2H3,(H2,11,14). The van der Waals surface area contributed by atoms with Crippen molar-refractivity contribution in [1.82, 2.24) is 5.01 Å². The number of nitrogens with zero attached hydrogens (tertiary/aromatic N) is 1. The third kappa shape index (κ3) is 2.83. The first kappa shape index (κ1) is 11.2. The summed E-state index contributed by atoms with van der Waals surface area (Å²) in [5, 5.41) is 2.39. The number of nitrogens with two attached hydrogens (primary N) is 1. The summed E-state index contributed by atoms with van der Waals surface area (Å²) in [7, 11) is 3.80. The zero-order valence-electron chi connectivity index (χ0n) is 8.04. The summed E-state index contributed by atoms with van der Waals surface area (Å²) in [6.07, 6.45) is 0. The van der Waals surface area contributed by atoms with Gasteiger partial charge in [0, 0.05) is 19.7 Å². The molecule has 1 aromatic rings. The lowest BCUT2D eigenvalue weighted by atomic mass is 10.2. The molecule has 5 heteroatoms. The van der Waals surface area contributed by atoms with E-state index in [1.54, 1.807) is 12.1 Å². The Labute approximate surface area is 93.8 Å². The maximum Gasteiger partial charge on any atom is 0.105 e. The fourth-order valence-electron chi connectivity index (χ4n) is 1.04. The minimum Gasteiger partial charge on any atom is -0.389 e. The fraction of sp³-hybridized carbons (Fsp3) is 0.222. The lowest BCUT2D eigenvalue weighted by molar-refractivity contribution is 0.495. The van der Waals surface area contributed by atoms with Gasteiger partial charge in [0.1, 0.15) is 4.99 Å². The van der Waals surface area contributed by atoms with Crippen molar-refractivity contribution in [2.24, 2.45) is 5.73 Å². The molecule has 0 heterocycles. The molecule has 76 valence electrons. The van der Waals surface area contributed by atoms with E-state index in [4.69, 9.17) is 29.6 Å². The van der Waals surface area contributed by atoms with Crippen LogP contribution in [0.4, 0.5) is 5.69 Å². The van der Waals surface area contributed by atoms with Crippen molar-refractivity contribution in [1.29, 1.82) is 0 Å². The Bertz CT molecular complexity index is 352. The second-order valence-electron chi connectivity index (χ2n) is 3.07. The molecule has 0 aliphatic carbocycles. The highest BCUT2D eigenvalue weighted by Crippen LogP contribution is 2.20. The Balaban J connectivity index is 2.94. The van der Waals surface area contributed by atoms with Gasteiger partial charge in [-0.2, -0.15) is 0 Å². The van der Waals surface area contributed by atoms with Gasteiger partial charge in [0.25, 0.3) is 0 Å². The molecule has 3 nitrogen and oxygen atoms in total. The monoisotopic (exact) mass is 229 g/mol. The van der Waals surface area contributed by atoms with Gasteiger partial charge in [-0.15, -0.1) is 0 Å². The van der Waals surface area contributed by atoms with Crippen molar-refractivity contribution < 1.29 is 0 Å². The first-order chi connectivity index (χ1) is 6.50. The van der Waals surface area contributed by atoms with Crippen LogP contribution in [-0.4, -0.2) is 24.1 Å². The number of nitrogens with one attached hydrogen (secondary N) is 1. The predicted molar refractivity (Wildman–Crippen MR) is 64.6 cm³/mol. The maximum absolute atomic E-state index is 5.98. The number of hydrazine groups is 1. The number of thiocarbonyl (C=S) groups is 1. The van der Waals surface area contributed by atoms with Crippen LogP contribution < -0.4 is 11.2 Å². The molecule has 0 radical (unpaired) electrons. The average molecular weight is 230 g/mol. The molecule has 0 aliphatic rings. The van der Waals surface area contributed by atoms with E-state index in [1.165, 1.54) is 0 Å². The lowest BCUT2D eigenvalue weighted by Crippen LogP contribution is -2.19. The van der Waals surface area contributed by atoms with Gasteiger partial charge in [0.15, 0.2) is 0 Å². The molecular weight excluding hydrogens is 218 g/mol. The topological polar surface area (TPSA) is 41.3 Å². The molecule has 1 rings (SSSR count). The van der Waals surface area contributed by atoms with E-state index in [2.05, 4.69) is 5.43 Å². The minimum absolute atomic E-state index is 0.311. The quantitative estimate of drug-likeness (QED) is 0.613. The van der Waals surface area contributed by atoms with E-state index < -0.39 is 0 Å². The number of hydrogen-bond donors (Lipinski definition) is 2. The van der Waals surface area contributed by atoms with Gasteiger partial charge in [-0.05, 0) is 18.2 Å². The molecule has 1 aromatic carbocycles. The molecule has 3 N–H and O–H groups in total. The molecule has 0 spiro atoms. The number of anilines is 1. The maximum atomic E-state index is 5.98. The highest BCUT2D eigenvalue weighted by atomic mass is 35.5. The Morgan fingerprint density at radius 1 is 1.50 bits per heavy atom. The van der Waals surface area contributed by atoms with E-state index in [0.29, 0.717) is 15.6 Å². The highest BCUT2D eigenvalue weighted by molar-refractivity contribution is 7.80. The fourth-order valence-corrected chi connectivity index (χ4v) is 1.56. The molecule has 0 bridgehead atoms. The predicted octanol–water partition coefficient (Wildman–Crippen LogP) is 1.86. The van der Waals surface area contributed by atoms with Gasteiger partial charge in [-0.3, -0.25) is 0 Å². The van der Waals surface area contributed by atoms with Crippen molar-refractivity contribution in [3.63, 3.8) is 0 Å². The minimum atomic E-state index is 0.311. The zero-order valence-corrected chi connectivity index (χ0v) is 9.62. The summed E-state index contributed by atoms with van der Waals surface area (Å²) in [6.45, 7) is 0. The number of halogens is 1. The van der Waals surface area contributed by atoms with Crippen molar-refractivity contribution in [2.75, 3.05) is 19.5 Å². The Morgan fingerprint density at radius 3 is 2.57 bits per heavy atom. The third-order valence-electron chi connectivity index (χ3n) is 1.59. The molecule has 0 aromatic heterocycles. The molecule has 0 atom stereocenters. The van der Waals surface area contributed by atoms with Crippen LogP contribution in [0, 0.1) is 0 Å². The first-order valence-corrected chi connectivity index (χ1v) is 4.82. The Morgan fingerprint density at radius 2 is 2.14 bits per heavy atom. The molecule has 0 unspecified atom stereocenters. The van der Waals surface area contributed by atoms with E-state index >= 15 is 0 Å². The second-order valence-corrected chi connectivity index (χ2v) is 3.91. The molecule has 14 heavy (non-hydrogen) atoms. The van der Waals surface area contributed by atoms with Crippen LogP contribution >= 0.6 is 23.8 Å². The number of benzene rings is 1. The summed E-state index contributed by atoms with van der Waals surface area (Å²) in [4.78, 5) is 0.311. The molecule has 0 fully saturated rings. The van der Waals surface area contributed by atoms with Gasteiger partial charge in [-0.25, -0.2) is 5.01 Å². The lowest BCUT2D eigenvalue weighted by Gasteiger charge is -2.14. The number of rotatable bonds is 3. The van der Waals surface area contributed by atoms with E-state index in [1.807, 2.05) is 25.2 Å². The van der Waals surface area contributed by atoms with Crippen LogP contribution in [0.3, 0.4) is 0 Å². The molecular formula is C9H12ClN3S. The van der Waals surface area contributed by atoms with Gasteiger partial charge in [0.2, 0.25) is 0 Å². The summed E-state index contributed by atoms with van der Waals surface area (Å²) in [6, 6.07) is 5.47. The van der Waals surface area contributed by atoms with Crippen molar-refractivity contribution in [3.05, 3.63) is 28.8 Å². The van der Waals surface area contributed by atoms with Crippen molar-refractivity contribution in [3.8, 4) is 0 Å². The molecule has 0 saturated carbocycles. The van der Waals surface area contributed by atoms with E-state index in [-0.39, 0.29) is 0 Å². The molecule has 0 aliphatic heterocycles. The summed E-state index contributed by atoms with van der Waals surface area (Å²) in [5.74, 6) is 0. The molecule has 0 amide bonds. The van der Waals surface area contributed by atoms with Crippen LogP contribution in [0.1, 0.15) is 5.56 Å². The normalized spacial score (nSPS) is 10.3. The van der Waals surface area contributed by atoms with E-state index in [9.17, 15) is 0 Å². The summed E-state index contributed by atoms with van der Waals surface area (Å²) < 4.78 is 0. The smallest absolute Gasteiger partial charge is 0.105 e. The summed E-state index contributed by atoms with van der Waals surface area (Å²) in [5.41, 5.74) is 10.2. The Kier molecular flexibility index (Phi) is 3.69. The van der Waals surface area contributed by atoms with Gasteiger partial charge < -0.3 is 11.2 Å². The Hall–Kier alpha value is -0.840. The van der Waals surface area contributed by atoms with E-state index in [0.717, 1.165) is 5.69 Å². The highest BCUT2D eigenvalue weighted by Gasteiger charge is 2.04. The molecule has 0 saturated heterocycles. The van der Waals surface area contributed by atoms with Gasteiger partial charge in [0.05, 0.1) is 10.7 Å². The van der Waals surface area contributed by atoms with Crippen LogP contribution in [0.2, 0.25) is 5.02 Å².